The lowest BCUT2D eigenvalue weighted by atomic mass is 10.0. The second-order valence-electron chi connectivity index (χ2n) is 8.55. The summed E-state index contributed by atoms with van der Waals surface area (Å²) in [6, 6.07) is 15.7. The highest BCUT2D eigenvalue weighted by atomic mass is 32.2. The normalized spacial score (nSPS) is 11.4. The first-order valence-corrected chi connectivity index (χ1v) is 13.9. The van der Waals surface area contributed by atoms with Crippen LogP contribution in [0.2, 0.25) is 0 Å². The van der Waals surface area contributed by atoms with E-state index in [1.54, 1.807) is 48.5 Å². The predicted molar refractivity (Wildman–Crippen MR) is 135 cm³/mol. The van der Waals surface area contributed by atoms with Crippen LogP contribution in [0.15, 0.2) is 54.6 Å². The minimum Gasteiger partial charge on any atom is -0.289 e. The van der Waals surface area contributed by atoms with Crippen LogP contribution in [-0.4, -0.2) is 20.0 Å². The van der Waals surface area contributed by atoms with Crippen LogP contribution in [0.5, 0.6) is 0 Å². The van der Waals surface area contributed by atoms with Crippen molar-refractivity contribution in [1.29, 1.82) is 0 Å². The van der Waals surface area contributed by atoms with Gasteiger partial charge in [-0.3, -0.25) is 9.52 Å². The molecule has 2 aromatic carbocycles. The number of ketones is 1. The van der Waals surface area contributed by atoms with Crippen molar-refractivity contribution in [2.45, 2.75) is 84.0 Å². The third-order valence-electron chi connectivity index (χ3n) is 5.74. The molecule has 0 aromatic heterocycles. The Hall–Kier alpha value is -2.14. The van der Waals surface area contributed by atoms with Crippen LogP contribution in [0.1, 0.15) is 99.9 Å². The average molecular weight is 458 g/mol. The fourth-order valence-corrected chi connectivity index (χ4v) is 5.07. The molecule has 0 aliphatic rings. The maximum Gasteiger partial charge on any atom is 0.232 e. The van der Waals surface area contributed by atoms with E-state index in [4.69, 9.17) is 0 Å². The highest BCUT2D eigenvalue weighted by Crippen LogP contribution is 2.21. The van der Waals surface area contributed by atoms with Crippen LogP contribution < -0.4 is 4.72 Å². The molecular weight excluding hydrogens is 418 g/mol. The van der Waals surface area contributed by atoms with Crippen molar-refractivity contribution in [2.24, 2.45) is 0 Å². The van der Waals surface area contributed by atoms with Gasteiger partial charge in [0.05, 0.1) is 11.4 Å². The Morgan fingerprint density at radius 1 is 0.688 bits per heavy atom. The molecule has 0 saturated carbocycles. The van der Waals surface area contributed by atoms with E-state index in [-0.39, 0.29) is 11.5 Å². The molecule has 0 heterocycles. The molecule has 0 amide bonds. The van der Waals surface area contributed by atoms with Gasteiger partial charge in [-0.15, -0.1) is 0 Å². The van der Waals surface area contributed by atoms with Gasteiger partial charge in [-0.25, -0.2) is 8.42 Å². The molecule has 0 saturated heterocycles. The maximum absolute atomic E-state index is 12.8. The van der Waals surface area contributed by atoms with Crippen molar-refractivity contribution < 1.29 is 13.2 Å². The number of para-hydroxylation sites is 1. The minimum absolute atomic E-state index is 0.0816. The van der Waals surface area contributed by atoms with E-state index in [0.717, 1.165) is 12.8 Å². The summed E-state index contributed by atoms with van der Waals surface area (Å²) in [7, 11) is -3.49. The molecule has 0 atom stereocenters. The fraction of sp³-hybridized carbons (Fsp3) is 0.519. The van der Waals surface area contributed by atoms with Crippen LogP contribution in [0.3, 0.4) is 0 Å². The predicted octanol–water partition coefficient (Wildman–Crippen LogP) is 7.36. The van der Waals surface area contributed by atoms with Gasteiger partial charge in [0.1, 0.15) is 0 Å². The fourth-order valence-electron chi connectivity index (χ4n) is 3.87. The van der Waals surface area contributed by atoms with Crippen molar-refractivity contribution in [3.8, 4) is 0 Å². The van der Waals surface area contributed by atoms with E-state index in [2.05, 4.69) is 11.6 Å². The number of carbonyl (C=O) groups is 1. The smallest absolute Gasteiger partial charge is 0.232 e. The first-order valence-electron chi connectivity index (χ1n) is 12.2. The molecule has 2 aromatic rings. The number of nitrogens with one attached hydrogen (secondary N) is 1. The Labute approximate surface area is 194 Å². The summed E-state index contributed by atoms with van der Waals surface area (Å²) in [5.74, 6) is -0.104. The Morgan fingerprint density at radius 2 is 1.19 bits per heavy atom. The molecule has 0 radical (unpaired) electrons. The zero-order valence-electron chi connectivity index (χ0n) is 19.5. The molecule has 2 rings (SSSR count). The number of rotatable bonds is 17. The van der Waals surface area contributed by atoms with E-state index in [1.165, 1.54) is 57.8 Å². The van der Waals surface area contributed by atoms with Crippen molar-refractivity contribution in [1.82, 2.24) is 0 Å². The van der Waals surface area contributed by atoms with Gasteiger partial charge in [0, 0.05) is 11.1 Å². The molecule has 4 nitrogen and oxygen atoms in total. The van der Waals surface area contributed by atoms with Crippen molar-refractivity contribution in [3.05, 3.63) is 65.7 Å². The van der Waals surface area contributed by atoms with Crippen LogP contribution in [-0.2, 0) is 10.0 Å². The molecule has 0 spiro atoms. The van der Waals surface area contributed by atoms with Crippen molar-refractivity contribution in [2.75, 3.05) is 10.5 Å². The highest BCUT2D eigenvalue weighted by molar-refractivity contribution is 7.92. The zero-order valence-corrected chi connectivity index (χ0v) is 20.3. The summed E-state index contributed by atoms with van der Waals surface area (Å²) in [4.78, 5) is 12.8. The summed E-state index contributed by atoms with van der Waals surface area (Å²) in [6.07, 6.45) is 14.4. The monoisotopic (exact) mass is 457 g/mol. The van der Waals surface area contributed by atoms with Gasteiger partial charge in [-0.1, -0.05) is 120 Å². The van der Waals surface area contributed by atoms with Gasteiger partial charge in [0.2, 0.25) is 10.0 Å². The third kappa shape index (κ3) is 9.99. The lowest BCUT2D eigenvalue weighted by molar-refractivity contribution is 0.103. The highest BCUT2D eigenvalue weighted by Gasteiger charge is 2.17. The molecule has 176 valence electrons. The number of sulfonamides is 1. The quantitative estimate of drug-likeness (QED) is 0.199. The number of hydrogen-bond donors (Lipinski definition) is 1. The lowest BCUT2D eigenvalue weighted by Crippen LogP contribution is -2.18. The second-order valence-corrected chi connectivity index (χ2v) is 10.4. The van der Waals surface area contributed by atoms with Gasteiger partial charge in [0.15, 0.2) is 5.78 Å². The first-order chi connectivity index (χ1) is 15.5. The topological polar surface area (TPSA) is 63.2 Å². The third-order valence-corrected chi connectivity index (χ3v) is 7.10. The standard InChI is InChI=1S/C27H39NO3S/c1-2-3-4-5-6-7-8-9-10-11-12-18-23-32(30,31)28-26-22-17-16-21-25(26)27(29)24-19-14-13-15-20-24/h13-17,19-22,28H,2-12,18,23H2,1H3. The average Bonchev–Trinajstić information content (AvgIpc) is 2.80. The largest absolute Gasteiger partial charge is 0.289 e. The van der Waals surface area contributed by atoms with E-state index >= 15 is 0 Å². The lowest BCUT2D eigenvalue weighted by Gasteiger charge is -2.12. The summed E-state index contributed by atoms with van der Waals surface area (Å²) < 4.78 is 27.8. The SMILES string of the molecule is CCCCCCCCCCCCCCS(=O)(=O)Nc1ccccc1C(=O)c1ccccc1. The van der Waals surface area contributed by atoms with Crippen LogP contribution >= 0.6 is 0 Å². The molecule has 0 unspecified atom stereocenters. The van der Waals surface area contributed by atoms with E-state index in [1.807, 2.05) is 6.07 Å². The summed E-state index contributed by atoms with van der Waals surface area (Å²) in [5, 5.41) is 0. The summed E-state index contributed by atoms with van der Waals surface area (Å²) >= 11 is 0. The Bertz CT molecular complexity index is 894. The van der Waals surface area contributed by atoms with Crippen molar-refractivity contribution in [3.63, 3.8) is 0 Å². The molecule has 0 aliphatic heterocycles. The van der Waals surface area contributed by atoms with Gasteiger partial charge < -0.3 is 0 Å². The van der Waals surface area contributed by atoms with E-state index in [9.17, 15) is 13.2 Å². The molecule has 1 N–H and O–H groups in total. The number of benzene rings is 2. The molecule has 0 bridgehead atoms. The summed E-state index contributed by atoms with van der Waals surface area (Å²) in [5.41, 5.74) is 1.26. The molecule has 0 aliphatic carbocycles. The van der Waals surface area contributed by atoms with Gasteiger partial charge in [-0.05, 0) is 18.6 Å². The Morgan fingerprint density at radius 3 is 1.78 bits per heavy atom. The number of hydrogen-bond acceptors (Lipinski definition) is 3. The van der Waals surface area contributed by atoms with E-state index < -0.39 is 10.0 Å². The van der Waals surface area contributed by atoms with E-state index in [0.29, 0.717) is 23.2 Å². The Balaban J connectivity index is 1.69. The van der Waals surface area contributed by atoms with Crippen LogP contribution in [0.4, 0.5) is 5.69 Å². The molecular formula is C27H39NO3S. The van der Waals surface area contributed by atoms with Crippen molar-refractivity contribution >= 4 is 21.5 Å². The Kier molecular flexibility index (Phi) is 12.1. The maximum atomic E-state index is 12.8. The second kappa shape index (κ2) is 14.8. The molecule has 32 heavy (non-hydrogen) atoms. The number of carbonyl (C=O) groups excluding carboxylic acids is 1. The van der Waals surface area contributed by atoms with Gasteiger partial charge in [-0.2, -0.15) is 0 Å². The number of anilines is 1. The molecule has 0 fully saturated rings. The first kappa shape index (κ1) is 26.1. The van der Waals surface area contributed by atoms with Gasteiger partial charge in [0.25, 0.3) is 0 Å². The minimum atomic E-state index is -3.49. The van der Waals surface area contributed by atoms with Crippen LogP contribution in [0, 0.1) is 0 Å². The van der Waals surface area contributed by atoms with Gasteiger partial charge >= 0.3 is 0 Å². The number of unbranched alkanes of at least 4 members (excludes halogenated alkanes) is 11. The molecule has 5 heteroatoms. The zero-order chi connectivity index (χ0) is 23.1. The summed E-state index contributed by atoms with van der Waals surface area (Å²) in [6.45, 7) is 2.24. The van der Waals surface area contributed by atoms with Crippen LogP contribution in [0.25, 0.3) is 0 Å².